The fraction of sp³-hybridized carbons (Fsp3) is 0.500. The topological polar surface area (TPSA) is 37.2 Å². The molecule has 3 aromatic rings. The van der Waals surface area contributed by atoms with Crippen LogP contribution in [0.25, 0.3) is 21.8 Å². The van der Waals surface area contributed by atoms with Crippen LogP contribution in [0.2, 0.25) is 5.02 Å². The van der Waals surface area contributed by atoms with E-state index in [4.69, 9.17) is 16.7 Å². The van der Waals surface area contributed by atoms with Gasteiger partial charge in [0, 0.05) is 40.0 Å². The summed E-state index contributed by atoms with van der Waals surface area (Å²) in [5, 5.41) is 13.9. The van der Waals surface area contributed by atoms with Crippen molar-refractivity contribution in [2.45, 2.75) is 53.5 Å². The summed E-state index contributed by atoms with van der Waals surface area (Å²) in [5.74, 6) is 0. The first-order valence-electron chi connectivity index (χ1n) is 10.7. The van der Waals surface area contributed by atoms with Crippen molar-refractivity contribution in [2.75, 3.05) is 26.9 Å². The van der Waals surface area contributed by atoms with Crippen molar-refractivity contribution >= 4 is 42.6 Å². The van der Waals surface area contributed by atoms with Crippen LogP contribution in [-0.2, 0) is 0 Å². The number of aliphatic hydroxyl groups is 1. The van der Waals surface area contributed by atoms with Crippen LogP contribution in [0, 0.1) is 6.92 Å². The van der Waals surface area contributed by atoms with Crippen LogP contribution >= 0.6 is 20.8 Å². The van der Waals surface area contributed by atoms with Gasteiger partial charge in [-0.25, -0.2) is 0 Å². The number of aromatic nitrogens is 1. The predicted octanol–water partition coefficient (Wildman–Crippen LogP) is 6.83. The second kappa shape index (κ2) is 15.7. The van der Waals surface area contributed by atoms with E-state index in [9.17, 15) is 0 Å². The highest BCUT2D eigenvalue weighted by Crippen LogP contribution is 2.36. The lowest BCUT2D eigenvalue weighted by Crippen LogP contribution is -2.29. The molecular formula is C24H40ClN2OP. The molecule has 0 radical (unpaired) electrons. The smallest absolute Gasteiger partial charge is 0.0495 e. The summed E-state index contributed by atoms with van der Waals surface area (Å²) in [6.07, 6.45) is 2.38. The molecule has 2 N–H and O–H groups in total. The Morgan fingerprint density at radius 3 is 1.93 bits per heavy atom. The molecule has 1 aliphatic rings. The zero-order valence-electron chi connectivity index (χ0n) is 19.2. The Balaban J connectivity index is 0.000000881. The van der Waals surface area contributed by atoms with E-state index in [0.717, 1.165) is 25.2 Å². The van der Waals surface area contributed by atoms with Crippen LogP contribution in [0.5, 0.6) is 0 Å². The van der Waals surface area contributed by atoms with Crippen LogP contribution in [-0.4, -0.2) is 36.5 Å². The molecule has 29 heavy (non-hydrogen) atoms. The molecule has 5 heteroatoms. The molecule has 1 fully saturated rings. The van der Waals surface area contributed by atoms with Crippen molar-refractivity contribution < 1.29 is 5.11 Å². The van der Waals surface area contributed by atoms with Gasteiger partial charge in [-0.3, -0.25) is 0 Å². The minimum atomic E-state index is 0.579. The van der Waals surface area contributed by atoms with E-state index < -0.39 is 0 Å². The van der Waals surface area contributed by atoms with Gasteiger partial charge in [-0.1, -0.05) is 57.6 Å². The lowest BCUT2D eigenvalue weighted by molar-refractivity contribution is 0.383. The van der Waals surface area contributed by atoms with Crippen LogP contribution < -0.4 is 5.32 Å². The SMILES string of the molecule is CC.CC.CO.CP.Cc1ccc2c(c1)c1cc(Cl)ccc1n2C1CCNCC1. The molecule has 1 atom stereocenters. The minimum absolute atomic E-state index is 0.579. The molecule has 3 nitrogen and oxygen atoms in total. The molecule has 0 aliphatic carbocycles. The molecule has 1 unspecified atom stereocenters. The van der Waals surface area contributed by atoms with Gasteiger partial charge in [-0.2, -0.15) is 0 Å². The van der Waals surface area contributed by atoms with E-state index in [1.54, 1.807) is 0 Å². The van der Waals surface area contributed by atoms with E-state index >= 15 is 0 Å². The molecule has 4 rings (SSSR count). The molecule has 2 aromatic carbocycles. The summed E-state index contributed by atoms with van der Waals surface area (Å²) >= 11 is 6.23. The monoisotopic (exact) mass is 438 g/mol. The van der Waals surface area contributed by atoms with E-state index in [2.05, 4.69) is 56.4 Å². The summed E-state index contributed by atoms with van der Waals surface area (Å²) in [7, 11) is 3.42. The van der Waals surface area contributed by atoms with Crippen molar-refractivity contribution in [1.82, 2.24) is 9.88 Å². The second-order valence-electron chi connectivity index (χ2n) is 6.03. The third kappa shape index (κ3) is 6.96. The molecule has 0 spiro atoms. The standard InChI is InChI=1S/C18H19ClN2.2C2H6.CH4O.CH5P/c1-12-2-4-17-15(10-12)16-11-13(19)3-5-18(16)21(17)14-6-8-20-9-7-14;4*1-2/h2-5,10-11,14,20H,6-9H2,1H3;2*1-2H3;2H,1H3;2H2,1H3. The molecule has 1 saturated heterocycles. The van der Waals surface area contributed by atoms with Gasteiger partial charge in [-0.15, -0.1) is 9.24 Å². The summed E-state index contributed by atoms with van der Waals surface area (Å²) in [6, 6.07) is 13.6. The normalized spacial score (nSPS) is 13.0. The average Bonchev–Trinajstić information content (AvgIpc) is 3.12. The Morgan fingerprint density at radius 2 is 1.38 bits per heavy atom. The third-order valence-electron chi connectivity index (χ3n) is 4.59. The van der Waals surface area contributed by atoms with Gasteiger partial charge in [0.05, 0.1) is 0 Å². The van der Waals surface area contributed by atoms with Gasteiger partial charge in [0.25, 0.3) is 0 Å². The first-order valence-corrected chi connectivity index (χ1v) is 12.2. The number of piperidine rings is 1. The lowest BCUT2D eigenvalue weighted by Gasteiger charge is -2.26. The first-order chi connectivity index (χ1) is 14.2. The molecule has 1 aromatic heterocycles. The average molecular weight is 439 g/mol. The highest BCUT2D eigenvalue weighted by molar-refractivity contribution is 7.15. The number of nitrogens with one attached hydrogen (secondary N) is 1. The Hall–Kier alpha value is -1.12. The maximum absolute atomic E-state index is 7.00. The van der Waals surface area contributed by atoms with Crippen LogP contribution in [0.1, 0.15) is 52.1 Å². The van der Waals surface area contributed by atoms with E-state index in [1.807, 2.05) is 40.4 Å². The molecule has 0 bridgehead atoms. The van der Waals surface area contributed by atoms with Gasteiger partial charge >= 0.3 is 0 Å². The predicted molar refractivity (Wildman–Crippen MR) is 137 cm³/mol. The maximum atomic E-state index is 7.00. The highest BCUT2D eigenvalue weighted by Gasteiger charge is 2.20. The van der Waals surface area contributed by atoms with Gasteiger partial charge in [0.2, 0.25) is 0 Å². The fourth-order valence-corrected chi connectivity index (χ4v) is 3.77. The minimum Gasteiger partial charge on any atom is -0.400 e. The number of halogens is 1. The number of nitrogens with zero attached hydrogens (tertiary/aromatic N) is 1. The highest BCUT2D eigenvalue weighted by atomic mass is 35.5. The van der Waals surface area contributed by atoms with Crippen molar-refractivity contribution in [3.8, 4) is 0 Å². The lowest BCUT2D eigenvalue weighted by atomic mass is 10.1. The molecular weight excluding hydrogens is 399 g/mol. The van der Waals surface area contributed by atoms with E-state index in [-0.39, 0.29) is 0 Å². The first kappa shape index (κ1) is 27.9. The third-order valence-corrected chi connectivity index (χ3v) is 4.83. The van der Waals surface area contributed by atoms with Crippen molar-refractivity contribution in [1.29, 1.82) is 0 Å². The quantitative estimate of drug-likeness (QED) is 0.408. The van der Waals surface area contributed by atoms with Gasteiger partial charge < -0.3 is 15.0 Å². The zero-order valence-corrected chi connectivity index (χ0v) is 21.1. The molecule has 0 saturated carbocycles. The number of aryl methyl sites for hydroxylation is 1. The van der Waals surface area contributed by atoms with Gasteiger partial charge in [-0.05, 0) is 63.2 Å². The fourth-order valence-electron chi connectivity index (χ4n) is 3.60. The van der Waals surface area contributed by atoms with Crippen LogP contribution in [0.15, 0.2) is 36.4 Å². The van der Waals surface area contributed by atoms with Crippen LogP contribution in [0.4, 0.5) is 0 Å². The van der Waals surface area contributed by atoms with E-state index in [0.29, 0.717) is 6.04 Å². The Labute approximate surface area is 185 Å². The maximum Gasteiger partial charge on any atom is 0.0495 e. The summed E-state index contributed by atoms with van der Waals surface area (Å²) in [6.45, 7) is 14.3. The van der Waals surface area contributed by atoms with Crippen molar-refractivity contribution in [3.05, 3.63) is 47.0 Å². The molecule has 1 aliphatic heterocycles. The number of benzene rings is 2. The van der Waals surface area contributed by atoms with Gasteiger partial charge in [0.1, 0.15) is 0 Å². The van der Waals surface area contributed by atoms with Crippen molar-refractivity contribution in [2.24, 2.45) is 0 Å². The Kier molecular flexibility index (Phi) is 15.1. The molecule has 164 valence electrons. The van der Waals surface area contributed by atoms with Gasteiger partial charge in [0.15, 0.2) is 0 Å². The summed E-state index contributed by atoms with van der Waals surface area (Å²) in [4.78, 5) is 0. The molecule has 0 amide bonds. The zero-order chi connectivity index (χ0) is 22.4. The number of aliphatic hydroxyl groups excluding tert-OH is 1. The number of fused-ring (bicyclic) bond motifs is 3. The molecule has 2 heterocycles. The van der Waals surface area contributed by atoms with E-state index in [1.165, 1.54) is 40.2 Å². The summed E-state index contributed by atoms with van der Waals surface area (Å²) < 4.78 is 2.53. The Morgan fingerprint density at radius 1 is 0.897 bits per heavy atom. The summed E-state index contributed by atoms with van der Waals surface area (Å²) in [5.41, 5.74) is 3.95. The van der Waals surface area contributed by atoms with Crippen LogP contribution in [0.3, 0.4) is 0 Å². The van der Waals surface area contributed by atoms with Crippen molar-refractivity contribution in [3.63, 3.8) is 0 Å². The Bertz CT molecular complexity index is 767. The number of rotatable bonds is 1. The number of hydrogen-bond acceptors (Lipinski definition) is 2. The number of hydrogen-bond donors (Lipinski definition) is 2. The largest absolute Gasteiger partial charge is 0.400 e. The second-order valence-corrected chi connectivity index (χ2v) is 6.47.